The molecule has 0 bridgehead atoms. The van der Waals surface area contributed by atoms with Crippen molar-refractivity contribution in [2.45, 2.75) is 46.6 Å². The Balaban J connectivity index is 2.19. The van der Waals surface area contributed by atoms with Crippen LogP contribution in [0.3, 0.4) is 0 Å². The molecule has 126 valence electrons. The molecule has 2 N–H and O–H groups in total. The third-order valence-corrected chi connectivity index (χ3v) is 3.03. The van der Waals surface area contributed by atoms with E-state index in [9.17, 15) is 0 Å². The molecule has 22 heavy (non-hydrogen) atoms. The zero-order valence-corrected chi connectivity index (χ0v) is 14.5. The zero-order valence-electron chi connectivity index (χ0n) is 14.5. The Morgan fingerprint density at radius 3 is 2.68 bits per heavy atom. The lowest BCUT2D eigenvalue weighted by Crippen LogP contribution is -2.37. The Hall–Kier alpha value is -1.56. The minimum absolute atomic E-state index is 0.376. The molecule has 0 amide bonds. The number of nitrogens with one attached hydrogen (secondary N) is 2. The number of rotatable bonds is 9. The minimum Gasteiger partial charge on any atom is -0.381 e. The summed E-state index contributed by atoms with van der Waals surface area (Å²) in [6.07, 6.45) is 0.952. The number of hydrogen-bond donors (Lipinski definition) is 2. The van der Waals surface area contributed by atoms with E-state index >= 15 is 0 Å². The van der Waals surface area contributed by atoms with Crippen molar-refractivity contribution >= 4 is 5.96 Å². The van der Waals surface area contributed by atoms with E-state index in [0.717, 1.165) is 43.6 Å². The molecule has 1 heterocycles. The summed E-state index contributed by atoms with van der Waals surface area (Å²) in [5.74, 6) is 2.53. The van der Waals surface area contributed by atoms with Gasteiger partial charge in [0.15, 0.2) is 11.7 Å². The van der Waals surface area contributed by atoms with Crippen LogP contribution in [0.5, 0.6) is 0 Å². The van der Waals surface area contributed by atoms with E-state index in [0.29, 0.717) is 18.4 Å². The Kier molecular flexibility index (Phi) is 8.58. The molecule has 0 aromatic carbocycles. The predicted octanol–water partition coefficient (Wildman–Crippen LogP) is 2.53. The number of aromatic nitrogens is 1. The minimum atomic E-state index is 0.376. The topological polar surface area (TPSA) is 71.7 Å². The van der Waals surface area contributed by atoms with E-state index in [-0.39, 0.29) is 0 Å². The van der Waals surface area contributed by atoms with Gasteiger partial charge in [-0.1, -0.05) is 32.9 Å². The molecule has 0 aliphatic carbocycles. The van der Waals surface area contributed by atoms with Crippen molar-refractivity contribution < 1.29 is 9.26 Å². The molecule has 0 radical (unpaired) electrons. The van der Waals surface area contributed by atoms with Crippen LogP contribution < -0.4 is 10.6 Å². The first kappa shape index (κ1) is 18.5. The van der Waals surface area contributed by atoms with Crippen LogP contribution in [0.25, 0.3) is 0 Å². The lowest BCUT2D eigenvalue weighted by molar-refractivity contribution is 0.108. The van der Waals surface area contributed by atoms with Gasteiger partial charge in [0.25, 0.3) is 0 Å². The van der Waals surface area contributed by atoms with Crippen LogP contribution in [0.1, 0.15) is 51.5 Å². The number of hydrogen-bond acceptors (Lipinski definition) is 4. The second kappa shape index (κ2) is 10.2. The van der Waals surface area contributed by atoms with Gasteiger partial charge in [0, 0.05) is 32.9 Å². The monoisotopic (exact) mass is 310 g/mol. The summed E-state index contributed by atoms with van der Waals surface area (Å²) in [6, 6.07) is 1.98. The Labute approximate surface area is 133 Å². The Morgan fingerprint density at radius 1 is 1.32 bits per heavy atom. The normalized spacial score (nSPS) is 12.2. The fourth-order valence-corrected chi connectivity index (χ4v) is 1.78. The number of aliphatic imine (C=N–C) groups is 1. The summed E-state index contributed by atoms with van der Waals surface area (Å²) in [5.41, 5.74) is 0.974. The standard InChI is InChI=1S/C16H30N4O2/c1-12(2)11-21-8-6-7-18-16(17-5)19-10-14-9-15(13(3)4)20-22-14/h9,12-13H,6-8,10-11H2,1-5H3,(H2,17,18,19). The quantitative estimate of drug-likeness (QED) is 0.416. The second-order valence-corrected chi connectivity index (χ2v) is 6.05. The van der Waals surface area contributed by atoms with Gasteiger partial charge in [-0.3, -0.25) is 4.99 Å². The van der Waals surface area contributed by atoms with Crippen molar-refractivity contribution in [2.24, 2.45) is 10.9 Å². The molecule has 0 unspecified atom stereocenters. The van der Waals surface area contributed by atoms with E-state index in [2.05, 4.69) is 48.5 Å². The molecule has 0 atom stereocenters. The van der Waals surface area contributed by atoms with Crippen molar-refractivity contribution in [3.8, 4) is 0 Å². The highest BCUT2D eigenvalue weighted by atomic mass is 16.5. The third-order valence-electron chi connectivity index (χ3n) is 3.03. The van der Waals surface area contributed by atoms with Crippen molar-refractivity contribution in [3.05, 3.63) is 17.5 Å². The Morgan fingerprint density at radius 2 is 2.09 bits per heavy atom. The zero-order chi connectivity index (χ0) is 16.4. The lowest BCUT2D eigenvalue weighted by Gasteiger charge is -2.11. The molecular formula is C16H30N4O2. The average Bonchev–Trinajstić information content (AvgIpc) is 2.94. The number of guanidine groups is 1. The lowest BCUT2D eigenvalue weighted by atomic mass is 10.1. The van der Waals surface area contributed by atoms with E-state index < -0.39 is 0 Å². The molecule has 1 aromatic rings. The predicted molar refractivity (Wildman–Crippen MR) is 89.1 cm³/mol. The molecule has 0 spiro atoms. The van der Waals surface area contributed by atoms with Gasteiger partial charge in [0.1, 0.15) is 0 Å². The fourth-order valence-electron chi connectivity index (χ4n) is 1.78. The molecule has 6 heteroatoms. The first-order valence-corrected chi connectivity index (χ1v) is 8.00. The van der Waals surface area contributed by atoms with E-state index in [4.69, 9.17) is 9.26 Å². The SMILES string of the molecule is CN=C(NCCCOCC(C)C)NCc1cc(C(C)C)no1. The summed E-state index contributed by atoms with van der Waals surface area (Å²) in [4.78, 5) is 4.18. The molecular weight excluding hydrogens is 280 g/mol. The summed E-state index contributed by atoms with van der Waals surface area (Å²) in [7, 11) is 1.75. The maximum atomic E-state index is 5.54. The summed E-state index contributed by atoms with van der Waals surface area (Å²) >= 11 is 0. The van der Waals surface area contributed by atoms with Gasteiger partial charge in [-0.25, -0.2) is 0 Å². The number of nitrogens with zero attached hydrogens (tertiary/aromatic N) is 2. The van der Waals surface area contributed by atoms with Gasteiger partial charge >= 0.3 is 0 Å². The first-order chi connectivity index (χ1) is 10.5. The van der Waals surface area contributed by atoms with Crippen molar-refractivity contribution in [2.75, 3.05) is 26.8 Å². The Bertz CT molecular complexity index is 441. The molecule has 0 fully saturated rings. The third kappa shape index (κ3) is 7.45. The first-order valence-electron chi connectivity index (χ1n) is 8.00. The maximum Gasteiger partial charge on any atom is 0.191 e. The molecule has 6 nitrogen and oxygen atoms in total. The fraction of sp³-hybridized carbons (Fsp3) is 0.750. The number of ether oxygens (including phenoxy) is 1. The molecule has 0 aliphatic rings. The van der Waals surface area contributed by atoms with Crippen LogP contribution in [0.4, 0.5) is 0 Å². The van der Waals surface area contributed by atoms with E-state index in [1.54, 1.807) is 7.05 Å². The van der Waals surface area contributed by atoms with Crippen molar-refractivity contribution in [1.29, 1.82) is 0 Å². The van der Waals surface area contributed by atoms with Gasteiger partial charge in [-0.05, 0) is 18.3 Å². The van der Waals surface area contributed by atoms with Crippen LogP contribution in [0.2, 0.25) is 0 Å². The van der Waals surface area contributed by atoms with Crippen LogP contribution in [0.15, 0.2) is 15.6 Å². The van der Waals surface area contributed by atoms with Crippen molar-refractivity contribution in [3.63, 3.8) is 0 Å². The van der Waals surface area contributed by atoms with Gasteiger partial charge in [-0.2, -0.15) is 0 Å². The highest BCUT2D eigenvalue weighted by Gasteiger charge is 2.08. The van der Waals surface area contributed by atoms with Gasteiger partial charge in [0.05, 0.1) is 12.2 Å². The highest BCUT2D eigenvalue weighted by molar-refractivity contribution is 5.79. The van der Waals surface area contributed by atoms with Crippen LogP contribution in [-0.2, 0) is 11.3 Å². The van der Waals surface area contributed by atoms with E-state index in [1.165, 1.54) is 0 Å². The smallest absolute Gasteiger partial charge is 0.191 e. The highest BCUT2D eigenvalue weighted by Crippen LogP contribution is 2.13. The van der Waals surface area contributed by atoms with Gasteiger partial charge in [-0.15, -0.1) is 0 Å². The van der Waals surface area contributed by atoms with Crippen LogP contribution in [-0.4, -0.2) is 37.9 Å². The summed E-state index contributed by atoms with van der Waals surface area (Å²) in [5, 5.41) is 10.5. The average molecular weight is 310 g/mol. The van der Waals surface area contributed by atoms with Gasteiger partial charge in [0.2, 0.25) is 0 Å². The maximum absolute atomic E-state index is 5.54. The molecule has 0 saturated heterocycles. The van der Waals surface area contributed by atoms with Crippen LogP contribution >= 0.6 is 0 Å². The van der Waals surface area contributed by atoms with Crippen LogP contribution in [0, 0.1) is 5.92 Å². The largest absolute Gasteiger partial charge is 0.381 e. The molecule has 0 aliphatic heterocycles. The van der Waals surface area contributed by atoms with E-state index in [1.807, 2.05) is 6.07 Å². The summed E-state index contributed by atoms with van der Waals surface area (Å²) < 4.78 is 10.8. The van der Waals surface area contributed by atoms with Crippen molar-refractivity contribution in [1.82, 2.24) is 15.8 Å². The molecule has 1 rings (SSSR count). The van der Waals surface area contributed by atoms with Gasteiger partial charge < -0.3 is 19.9 Å². The summed E-state index contributed by atoms with van der Waals surface area (Å²) in [6.45, 7) is 11.5. The molecule has 0 saturated carbocycles. The molecule has 1 aromatic heterocycles. The second-order valence-electron chi connectivity index (χ2n) is 6.05.